The molecule has 0 spiro atoms. The van der Waals surface area contributed by atoms with Gasteiger partial charge >= 0.3 is 0 Å². The van der Waals surface area contributed by atoms with E-state index in [0.717, 1.165) is 31.0 Å². The molecular weight excluding hydrogens is 210 g/mol. The molecule has 0 saturated heterocycles. The number of imidazole rings is 1. The van der Waals surface area contributed by atoms with Gasteiger partial charge in [0.15, 0.2) is 0 Å². The summed E-state index contributed by atoms with van der Waals surface area (Å²) in [5.41, 5.74) is 3.48. The van der Waals surface area contributed by atoms with Crippen LogP contribution in [-0.2, 0) is 13.0 Å². The summed E-state index contributed by atoms with van der Waals surface area (Å²) in [5.74, 6) is 1.02. The van der Waals surface area contributed by atoms with Crippen LogP contribution in [-0.4, -0.2) is 16.5 Å². The molecular formula is C14H19N3. The second kappa shape index (κ2) is 5.64. The maximum Gasteiger partial charge on any atom is 0.121 e. The number of aromatic nitrogens is 2. The van der Waals surface area contributed by atoms with Crippen LogP contribution in [0.15, 0.2) is 30.3 Å². The van der Waals surface area contributed by atoms with Crippen LogP contribution in [0.5, 0.6) is 0 Å². The first-order chi connectivity index (χ1) is 8.35. The number of H-pyrrole nitrogens is 1. The molecule has 3 heteroatoms. The molecule has 1 heterocycles. The zero-order chi connectivity index (χ0) is 12.1. The Morgan fingerprint density at radius 1 is 1.18 bits per heavy atom. The van der Waals surface area contributed by atoms with Crippen LogP contribution in [0, 0.1) is 0 Å². The van der Waals surface area contributed by atoms with Crippen molar-refractivity contribution in [1.82, 2.24) is 15.3 Å². The lowest BCUT2D eigenvalue weighted by Crippen LogP contribution is -2.12. The summed E-state index contributed by atoms with van der Waals surface area (Å²) in [5, 5.41) is 3.29. The lowest BCUT2D eigenvalue weighted by Gasteiger charge is -1.98. The molecule has 1 aromatic carbocycles. The van der Waals surface area contributed by atoms with E-state index in [0.29, 0.717) is 0 Å². The van der Waals surface area contributed by atoms with Crippen LogP contribution in [0.1, 0.15) is 25.4 Å². The van der Waals surface area contributed by atoms with Gasteiger partial charge in [-0.2, -0.15) is 0 Å². The van der Waals surface area contributed by atoms with E-state index in [1.54, 1.807) is 0 Å². The summed E-state index contributed by atoms with van der Waals surface area (Å²) in [7, 11) is 0. The highest BCUT2D eigenvalue weighted by Crippen LogP contribution is 2.21. The highest BCUT2D eigenvalue weighted by atomic mass is 15.0. The van der Waals surface area contributed by atoms with Crippen molar-refractivity contribution >= 4 is 0 Å². The normalized spacial score (nSPS) is 10.7. The van der Waals surface area contributed by atoms with Crippen LogP contribution in [0.25, 0.3) is 11.3 Å². The van der Waals surface area contributed by atoms with E-state index >= 15 is 0 Å². The first-order valence-electron chi connectivity index (χ1n) is 6.19. The quantitative estimate of drug-likeness (QED) is 0.827. The molecule has 17 heavy (non-hydrogen) atoms. The van der Waals surface area contributed by atoms with Crippen molar-refractivity contribution in [3.63, 3.8) is 0 Å². The minimum absolute atomic E-state index is 0.802. The second-order valence-corrected chi connectivity index (χ2v) is 4.01. The number of aromatic amines is 1. The number of nitrogens with one attached hydrogen (secondary N) is 2. The maximum absolute atomic E-state index is 4.67. The fraction of sp³-hybridized carbons (Fsp3) is 0.357. The van der Waals surface area contributed by atoms with Crippen molar-refractivity contribution in [2.75, 3.05) is 6.54 Å². The standard InChI is InChI=1S/C14H19N3/c1-3-12-14(11-8-6-5-7-9-11)17-13(16-12)10-15-4-2/h5-9,15H,3-4,10H2,1-2H3,(H,16,17). The predicted octanol–water partition coefficient (Wildman–Crippen LogP) is 2.75. The van der Waals surface area contributed by atoms with Crippen molar-refractivity contribution in [1.29, 1.82) is 0 Å². The fourth-order valence-corrected chi connectivity index (χ4v) is 1.88. The van der Waals surface area contributed by atoms with Gasteiger partial charge in [-0.05, 0) is 13.0 Å². The van der Waals surface area contributed by atoms with Gasteiger partial charge in [-0.15, -0.1) is 0 Å². The molecule has 0 aliphatic heterocycles. The molecule has 0 fully saturated rings. The summed E-state index contributed by atoms with van der Waals surface area (Å²) >= 11 is 0. The lowest BCUT2D eigenvalue weighted by molar-refractivity contribution is 0.696. The van der Waals surface area contributed by atoms with Gasteiger partial charge in [-0.25, -0.2) is 4.98 Å². The minimum Gasteiger partial charge on any atom is -0.344 e. The lowest BCUT2D eigenvalue weighted by atomic mass is 10.1. The van der Waals surface area contributed by atoms with Crippen LogP contribution in [0.4, 0.5) is 0 Å². The van der Waals surface area contributed by atoms with Crippen molar-refractivity contribution in [3.8, 4) is 11.3 Å². The third-order valence-corrected chi connectivity index (χ3v) is 2.77. The summed E-state index contributed by atoms with van der Waals surface area (Å²) in [6, 6.07) is 10.3. The zero-order valence-electron chi connectivity index (χ0n) is 10.5. The smallest absolute Gasteiger partial charge is 0.121 e. The van der Waals surface area contributed by atoms with Gasteiger partial charge in [0.1, 0.15) is 5.82 Å². The van der Waals surface area contributed by atoms with E-state index in [4.69, 9.17) is 0 Å². The molecule has 2 rings (SSSR count). The summed E-state index contributed by atoms with van der Waals surface area (Å²) in [6.07, 6.45) is 0.976. The van der Waals surface area contributed by atoms with E-state index in [9.17, 15) is 0 Å². The summed E-state index contributed by atoms with van der Waals surface area (Å²) in [4.78, 5) is 8.06. The Labute approximate surface area is 102 Å². The number of hydrogen-bond donors (Lipinski definition) is 2. The molecule has 0 radical (unpaired) electrons. The Bertz CT molecular complexity index is 460. The van der Waals surface area contributed by atoms with Gasteiger partial charge in [-0.3, -0.25) is 0 Å². The summed E-state index contributed by atoms with van der Waals surface area (Å²) < 4.78 is 0. The van der Waals surface area contributed by atoms with Crippen LogP contribution < -0.4 is 5.32 Å². The molecule has 0 unspecified atom stereocenters. The molecule has 0 amide bonds. The van der Waals surface area contributed by atoms with Crippen molar-refractivity contribution in [2.24, 2.45) is 0 Å². The summed E-state index contributed by atoms with van der Waals surface area (Å²) in [6.45, 7) is 6.01. The van der Waals surface area contributed by atoms with Gasteiger partial charge in [0.2, 0.25) is 0 Å². The Morgan fingerprint density at radius 2 is 1.94 bits per heavy atom. The van der Waals surface area contributed by atoms with E-state index in [2.05, 4.69) is 41.3 Å². The van der Waals surface area contributed by atoms with Gasteiger partial charge in [0.25, 0.3) is 0 Å². The zero-order valence-corrected chi connectivity index (χ0v) is 10.5. The molecule has 2 aromatic rings. The first-order valence-corrected chi connectivity index (χ1v) is 6.19. The number of hydrogen-bond acceptors (Lipinski definition) is 2. The molecule has 0 aliphatic rings. The Kier molecular flexibility index (Phi) is 3.94. The van der Waals surface area contributed by atoms with Gasteiger partial charge in [0.05, 0.1) is 12.2 Å². The van der Waals surface area contributed by atoms with E-state index in [1.165, 1.54) is 11.3 Å². The van der Waals surface area contributed by atoms with E-state index in [1.807, 2.05) is 18.2 Å². The topological polar surface area (TPSA) is 40.7 Å². The number of aryl methyl sites for hydroxylation is 1. The number of benzene rings is 1. The number of rotatable bonds is 5. The molecule has 0 bridgehead atoms. The Hall–Kier alpha value is -1.61. The molecule has 3 nitrogen and oxygen atoms in total. The highest BCUT2D eigenvalue weighted by Gasteiger charge is 2.09. The Morgan fingerprint density at radius 3 is 2.59 bits per heavy atom. The molecule has 0 aliphatic carbocycles. The van der Waals surface area contributed by atoms with Gasteiger partial charge < -0.3 is 10.3 Å². The highest BCUT2D eigenvalue weighted by molar-refractivity contribution is 5.61. The first kappa shape index (κ1) is 11.9. The minimum atomic E-state index is 0.802. The fourth-order valence-electron chi connectivity index (χ4n) is 1.88. The van der Waals surface area contributed by atoms with Crippen molar-refractivity contribution < 1.29 is 0 Å². The van der Waals surface area contributed by atoms with Crippen molar-refractivity contribution in [2.45, 2.75) is 26.8 Å². The average Bonchev–Trinajstić information content (AvgIpc) is 2.80. The molecule has 0 atom stereocenters. The van der Waals surface area contributed by atoms with Crippen molar-refractivity contribution in [3.05, 3.63) is 41.9 Å². The van der Waals surface area contributed by atoms with Crippen LogP contribution >= 0.6 is 0 Å². The second-order valence-electron chi connectivity index (χ2n) is 4.01. The third kappa shape index (κ3) is 2.74. The molecule has 90 valence electrons. The molecule has 0 saturated carbocycles. The SMILES string of the molecule is CCNCc1nc(-c2ccccc2)c(CC)[nH]1. The number of nitrogens with zero attached hydrogens (tertiary/aromatic N) is 1. The average molecular weight is 229 g/mol. The van der Waals surface area contributed by atoms with Gasteiger partial charge in [0, 0.05) is 11.3 Å². The predicted molar refractivity (Wildman–Crippen MR) is 70.8 cm³/mol. The maximum atomic E-state index is 4.67. The van der Waals surface area contributed by atoms with Crippen LogP contribution in [0.3, 0.4) is 0 Å². The molecule has 2 N–H and O–H groups in total. The molecule has 1 aromatic heterocycles. The third-order valence-electron chi connectivity index (χ3n) is 2.77. The van der Waals surface area contributed by atoms with Gasteiger partial charge in [-0.1, -0.05) is 44.2 Å². The monoisotopic (exact) mass is 229 g/mol. The van der Waals surface area contributed by atoms with Crippen LogP contribution in [0.2, 0.25) is 0 Å². The van der Waals surface area contributed by atoms with E-state index < -0.39 is 0 Å². The largest absolute Gasteiger partial charge is 0.344 e. The Balaban J connectivity index is 2.30. The van der Waals surface area contributed by atoms with E-state index in [-0.39, 0.29) is 0 Å².